The lowest BCUT2D eigenvalue weighted by molar-refractivity contribution is -0.146. The summed E-state index contributed by atoms with van der Waals surface area (Å²) in [4.78, 5) is 14.9. The summed E-state index contributed by atoms with van der Waals surface area (Å²) < 4.78 is 5.50. The molecule has 1 aliphatic rings. The van der Waals surface area contributed by atoms with E-state index in [0.717, 1.165) is 24.9 Å². The van der Waals surface area contributed by atoms with Crippen LogP contribution < -0.4 is 5.32 Å². The van der Waals surface area contributed by atoms with Gasteiger partial charge in [0.1, 0.15) is 6.04 Å². The van der Waals surface area contributed by atoms with Crippen LogP contribution in [0.15, 0.2) is 30.3 Å². The fourth-order valence-electron chi connectivity index (χ4n) is 3.20. The van der Waals surface area contributed by atoms with Gasteiger partial charge in [-0.25, -0.2) is 4.79 Å². The van der Waals surface area contributed by atoms with E-state index in [0.29, 0.717) is 18.6 Å². The first kappa shape index (κ1) is 18.9. The Bertz CT molecular complexity index is 490. The van der Waals surface area contributed by atoms with Gasteiger partial charge in [0.05, 0.1) is 6.61 Å². The molecule has 0 spiro atoms. The van der Waals surface area contributed by atoms with Gasteiger partial charge in [0.25, 0.3) is 0 Å². The first-order valence-corrected chi connectivity index (χ1v) is 9.23. The summed E-state index contributed by atoms with van der Waals surface area (Å²) >= 11 is 0. The van der Waals surface area contributed by atoms with Gasteiger partial charge in [0.2, 0.25) is 0 Å². The van der Waals surface area contributed by atoms with Gasteiger partial charge >= 0.3 is 5.97 Å². The average Bonchev–Trinajstić information content (AvgIpc) is 2.97. The zero-order valence-corrected chi connectivity index (χ0v) is 15.3. The summed E-state index contributed by atoms with van der Waals surface area (Å²) in [5.41, 5.74) is 0.979. The number of hydrogen-bond donors (Lipinski definition) is 1. The smallest absolute Gasteiger partial charge is 0.327 e. The third-order valence-corrected chi connectivity index (χ3v) is 4.81. The van der Waals surface area contributed by atoms with Crippen molar-refractivity contribution in [3.63, 3.8) is 0 Å². The molecule has 0 bridgehead atoms. The number of nitrogens with zero attached hydrogens (tertiary/aromatic N) is 1. The number of esters is 1. The summed E-state index contributed by atoms with van der Waals surface area (Å²) in [6, 6.07) is 10.1. The first-order chi connectivity index (χ1) is 11.6. The Balaban J connectivity index is 1.89. The predicted molar refractivity (Wildman–Crippen MR) is 97.9 cm³/mol. The van der Waals surface area contributed by atoms with Gasteiger partial charge in [0, 0.05) is 6.04 Å². The molecule has 134 valence electrons. The van der Waals surface area contributed by atoms with Crippen LogP contribution in [0.2, 0.25) is 0 Å². The lowest BCUT2D eigenvalue weighted by atomic mass is 10.1. The highest BCUT2D eigenvalue weighted by atomic mass is 16.5. The molecule has 1 N–H and O–H groups in total. The molecule has 0 aliphatic carbocycles. The van der Waals surface area contributed by atoms with Crippen molar-refractivity contribution in [2.24, 2.45) is 5.92 Å². The normalized spacial score (nSPS) is 19.6. The molecule has 0 aromatic heterocycles. The summed E-state index contributed by atoms with van der Waals surface area (Å²) in [7, 11) is 2.19. The second-order valence-corrected chi connectivity index (χ2v) is 7.21. The average molecular weight is 332 g/mol. The van der Waals surface area contributed by atoms with Crippen LogP contribution in [0.1, 0.15) is 51.1 Å². The minimum absolute atomic E-state index is 0.165. The molecule has 1 heterocycles. The van der Waals surface area contributed by atoms with Crippen LogP contribution in [0.25, 0.3) is 0 Å². The molecule has 0 amide bonds. The van der Waals surface area contributed by atoms with Gasteiger partial charge in [-0.3, -0.25) is 0 Å². The number of ether oxygens (including phenoxy) is 1. The van der Waals surface area contributed by atoms with Crippen molar-refractivity contribution in [1.29, 1.82) is 0 Å². The van der Waals surface area contributed by atoms with E-state index >= 15 is 0 Å². The molecular formula is C20H32N2O2. The molecule has 1 aromatic carbocycles. The van der Waals surface area contributed by atoms with Crippen LogP contribution in [0.3, 0.4) is 0 Å². The molecule has 1 saturated heterocycles. The monoisotopic (exact) mass is 332 g/mol. The lowest BCUT2D eigenvalue weighted by Gasteiger charge is -2.22. The molecule has 24 heavy (non-hydrogen) atoms. The van der Waals surface area contributed by atoms with Crippen LogP contribution in [-0.2, 0) is 9.53 Å². The number of rotatable bonds is 9. The SMILES string of the molecule is CC(C)CCOC(=O)C(NCCC1CCCN1C)c1ccccc1. The molecule has 0 saturated carbocycles. The molecule has 2 atom stereocenters. The molecule has 1 aromatic rings. The Labute approximate surface area is 146 Å². The zero-order chi connectivity index (χ0) is 17.4. The van der Waals surface area contributed by atoms with Crippen molar-refractivity contribution < 1.29 is 9.53 Å². The number of nitrogens with one attached hydrogen (secondary N) is 1. The van der Waals surface area contributed by atoms with Gasteiger partial charge < -0.3 is 15.0 Å². The molecule has 2 rings (SSSR count). The van der Waals surface area contributed by atoms with Gasteiger partial charge in [-0.15, -0.1) is 0 Å². The van der Waals surface area contributed by atoms with Crippen molar-refractivity contribution in [3.8, 4) is 0 Å². The van der Waals surface area contributed by atoms with E-state index in [4.69, 9.17) is 4.74 Å². The van der Waals surface area contributed by atoms with E-state index in [2.05, 4.69) is 31.1 Å². The Hall–Kier alpha value is -1.39. The third-order valence-electron chi connectivity index (χ3n) is 4.81. The molecule has 1 aliphatic heterocycles. The highest BCUT2D eigenvalue weighted by molar-refractivity contribution is 5.77. The van der Waals surface area contributed by atoms with Crippen molar-refractivity contribution >= 4 is 5.97 Å². The van der Waals surface area contributed by atoms with Crippen LogP contribution in [-0.4, -0.2) is 43.7 Å². The Morgan fingerprint density at radius 3 is 2.71 bits per heavy atom. The number of carbonyl (C=O) groups excluding carboxylic acids is 1. The molecule has 4 heteroatoms. The fourth-order valence-corrected chi connectivity index (χ4v) is 3.20. The maximum atomic E-state index is 12.5. The Morgan fingerprint density at radius 1 is 1.33 bits per heavy atom. The van der Waals surface area contributed by atoms with E-state index in [9.17, 15) is 4.79 Å². The summed E-state index contributed by atoms with van der Waals surface area (Å²) in [6.07, 6.45) is 4.51. The minimum Gasteiger partial charge on any atom is -0.464 e. The van der Waals surface area contributed by atoms with Crippen molar-refractivity contribution in [3.05, 3.63) is 35.9 Å². The van der Waals surface area contributed by atoms with Crippen LogP contribution in [0.5, 0.6) is 0 Å². The number of benzene rings is 1. The van der Waals surface area contributed by atoms with Gasteiger partial charge in [0.15, 0.2) is 0 Å². The highest BCUT2D eigenvalue weighted by Crippen LogP contribution is 2.19. The maximum Gasteiger partial charge on any atom is 0.327 e. The van der Waals surface area contributed by atoms with E-state index in [1.54, 1.807) is 0 Å². The Morgan fingerprint density at radius 2 is 2.08 bits per heavy atom. The number of hydrogen-bond acceptors (Lipinski definition) is 4. The lowest BCUT2D eigenvalue weighted by Crippen LogP contribution is -2.34. The molecular weight excluding hydrogens is 300 g/mol. The van der Waals surface area contributed by atoms with E-state index in [1.807, 2.05) is 30.3 Å². The van der Waals surface area contributed by atoms with Gasteiger partial charge in [-0.1, -0.05) is 44.2 Å². The van der Waals surface area contributed by atoms with Crippen LogP contribution >= 0.6 is 0 Å². The van der Waals surface area contributed by atoms with Gasteiger partial charge in [-0.05, 0) is 57.3 Å². The zero-order valence-electron chi connectivity index (χ0n) is 15.3. The summed E-state index contributed by atoms with van der Waals surface area (Å²) in [5.74, 6) is 0.375. The quantitative estimate of drug-likeness (QED) is 0.704. The van der Waals surface area contributed by atoms with E-state index in [-0.39, 0.29) is 12.0 Å². The van der Waals surface area contributed by atoms with Crippen molar-refractivity contribution in [2.75, 3.05) is 26.7 Å². The second kappa shape index (κ2) is 9.80. The molecule has 2 unspecified atom stereocenters. The van der Waals surface area contributed by atoms with E-state index < -0.39 is 0 Å². The highest BCUT2D eigenvalue weighted by Gasteiger charge is 2.24. The van der Waals surface area contributed by atoms with E-state index in [1.165, 1.54) is 19.4 Å². The summed E-state index contributed by atoms with van der Waals surface area (Å²) in [6.45, 7) is 6.78. The van der Waals surface area contributed by atoms with Gasteiger partial charge in [-0.2, -0.15) is 0 Å². The summed E-state index contributed by atoms with van der Waals surface area (Å²) in [5, 5.41) is 3.42. The molecule has 1 fully saturated rings. The second-order valence-electron chi connectivity index (χ2n) is 7.21. The predicted octanol–water partition coefficient (Wildman–Crippen LogP) is 3.39. The van der Waals surface area contributed by atoms with Crippen LogP contribution in [0.4, 0.5) is 0 Å². The largest absolute Gasteiger partial charge is 0.464 e. The topological polar surface area (TPSA) is 41.6 Å². The molecule has 0 radical (unpaired) electrons. The first-order valence-electron chi connectivity index (χ1n) is 9.23. The fraction of sp³-hybridized carbons (Fsp3) is 0.650. The van der Waals surface area contributed by atoms with Crippen LogP contribution in [0, 0.1) is 5.92 Å². The minimum atomic E-state index is -0.370. The molecule has 4 nitrogen and oxygen atoms in total. The standard InChI is InChI=1S/C20H32N2O2/c1-16(2)12-15-24-20(23)19(17-8-5-4-6-9-17)21-13-11-18-10-7-14-22(18)3/h4-6,8-9,16,18-19,21H,7,10-15H2,1-3H3. The van der Waals surface area contributed by atoms with Crippen molar-refractivity contribution in [2.45, 2.75) is 51.6 Å². The Kier molecular flexibility index (Phi) is 7.73. The number of likely N-dealkylation sites (tertiary alicyclic amines) is 1. The maximum absolute atomic E-state index is 12.5. The third kappa shape index (κ3) is 5.91. The number of carbonyl (C=O) groups is 1. The van der Waals surface area contributed by atoms with Crippen molar-refractivity contribution in [1.82, 2.24) is 10.2 Å².